The highest BCUT2D eigenvalue weighted by molar-refractivity contribution is 5.69. The molecule has 14 heavy (non-hydrogen) atoms. The molecule has 84 valence electrons. The van der Waals surface area contributed by atoms with Crippen molar-refractivity contribution in [1.82, 2.24) is 4.90 Å². The predicted molar refractivity (Wildman–Crippen MR) is 58.5 cm³/mol. The minimum absolute atomic E-state index is 0.0495. The first-order chi connectivity index (χ1) is 6.38. The lowest BCUT2D eigenvalue weighted by Crippen LogP contribution is -2.44. The average Bonchev–Trinajstić information content (AvgIpc) is 2.00. The molecular weight excluding hydrogens is 178 g/mol. The van der Waals surface area contributed by atoms with Crippen molar-refractivity contribution in [3.63, 3.8) is 0 Å². The van der Waals surface area contributed by atoms with Gasteiger partial charge in [0.25, 0.3) is 0 Å². The molecule has 0 rings (SSSR count). The molecule has 0 bridgehead atoms. The molecule has 3 nitrogen and oxygen atoms in total. The highest BCUT2D eigenvalue weighted by atomic mass is 16.4. The van der Waals surface area contributed by atoms with E-state index in [1.54, 1.807) is 0 Å². The summed E-state index contributed by atoms with van der Waals surface area (Å²) < 4.78 is 0. The van der Waals surface area contributed by atoms with Gasteiger partial charge < -0.3 is 5.11 Å². The molecule has 0 fully saturated rings. The van der Waals surface area contributed by atoms with Crippen LogP contribution in [-0.4, -0.2) is 34.6 Å². The third-order valence-electron chi connectivity index (χ3n) is 2.31. The number of carboxylic acids is 1. The minimum Gasteiger partial charge on any atom is -0.480 e. The summed E-state index contributed by atoms with van der Waals surface area (Å²) in [6.45, 7) is 9.35. The monoisotopic (exact) mass is 201 g/mol. The van der Waals surface area contributed by atoms with Gasteiger partial charge in [0, 0.05) is 5.54 Å². The van der Waals surface area contributed by atoms with Gasteiger partial charge in [-0.2, -0.15) is 0 Å². The van der Waals surface area contributed by atoms with E-state index < -0.39 is 5.97 Å². The van der Waals surface area contributed by atoms with Crippen LogP contribution in [0.15, 0.2) is 0 Å². The Morgan fingerprint density at radius 3 is 2.21 bits per heavy atom. The Kier molecular flexibility index (Phi) is 5.77. The van der Waals surface area contributed by atoms with Gasteiger partial charge in [-0.05, 0) is 33.7 Å². The summed E-state index contributed by atoms with van der Waals surface area (Å²) in [6, 6.07) is 0. The zero-order chi connectivity index (χ0) is 11.2. The fraction of sp³-hybridized carbons (Fsp3) is 0.909. The normalized spacial score (nSPS) is 12.1. The number of carboxylic acid groups (broad SMARTS) is 1. The number of nitrogens with zero attached hydrogens (tertiary/aromatic N) is 1. The third kappa shape index (κ3) is 5.97. The van der Waals surface area contributed by atoms with Gasteiger partial charge in [0.1, 0.15) is 0 Å². The molecule has 1 N–H and O–H groups in total. The first-order valence-electron chi connectivity index (χ1n) is 5.34. The number of hydrogen-bond acceptors (Lipinski definition) is 2. The average molecular weight is 201 g/mol. The van der Waals surface area contributed by atoms with E-state index in [-0.39, 0.29) is 12.1 Å². The van der Waals surface area contributed by atoms with Gasteiger partial charge in [-0.15, -0.1) is 0 Å². The van der Waals surface area contributed by atoms with E-state index in [9.17, 15) is 4.79 Å². The van der Waals surface area contributed by atoms with Crippen LogP contribution in [0.2, 0.25) is 0 Å². The minimum atomic E-state index is -0.739. The van der Waals surface area contributed by atoms with Crippen LogP contribution in [0, 0.1) is 0 Å². The molecule has 0 aromatic rings. The molecule has 0 unspecified atom stereocenters. The zero-order valence-corrected chi connectivity index (χ0v) is 9.84. The van der Waals surface area contributed by atoms with Gasteiger partial charge in [0.05, 0.1) is 6.54 Å². The predicted octanol–water partition coefficient (Wildman–Crippen LogP) is 2.36. The Labute approximate surface area is 87.1 Å². The Bertz CT molecular complexity index is 173. The molecule has 0 aliphatic rings. The molecule has 0 saturated carbocycles. The first-order valence-corrected chi connectivity index (χ1v) is 5.34. The lowest BCUT2D eigenvalue weighted by Gasteiger charge is -2.34. The van der Waals surface area contributed by atoms with E-state index in [0.29, 0.717) is 0 Å². The van der Waals surface area contributed by atoms with E-state index >= 15 is 0 Å². The Hall–Kier alpha value is -0.570. The highest BCUT2D eigenvalue weighted by Gasteiger charge is 2.22. The van der Waals surface area contributed by atoms with E-state index in [4.69, 9.17) is 5.11 Å². The van der Waals surface area contributed by atoms with Crippen LogP contribution >= 0.6 is 0 Å². The number of rotatable bonds is 6. The van der Waals surface area contributed by atoms with E-state index in [1.807, 2.05) is 4.90 Å². The molecule has 0 spiro atoms. The summed E-state index contributed by atoms with van der Waals surface area (Å²) in [6.07, 6.45) is 3.43. The summed E-state index contributed by atoms with van der Waals surface area (Å²) in [7, 11) is 0. The number of aliphatic carboxylic acids is 1. The van der Waals surface area contributed by atoms with Crippen molar-refractivity contribution in [2.24, 2.45) is 0 Å². The molecule has 0 aliphatic carbocycles. The molecule has 0 amide bonds. The summed E-state index contributed by atoms with van der Waals surface area (Å²) in [5.74, 6) is -0.739. The van der Waals surface area contributed by atoms with Gasteiger partial charge in [-0.25, -0.2) is 0 Å². The van der Waals surface area contributed by atoms with Crippen LogP contribution in [0.5, 0.6) is 0 Å². The Balaban J connectivity index is 4.05. The SMILES string of the molecule is CCCCCN(CC(=O)O)C(C)(C)C. The Morgan fingerprint density at radius 1 is 1.29 bits per heavy atom. The molecule has 0 saturated heterocycles. The van der Waals surface area contributed by atoms with Crippen molar-refractivity contribution in [3.8, 4) is 0 Å². The van der Waals surface area contributed by atoms with Crippen LogP contribution in [0.4, 0.5) is 0 Å². The topological polar surface area (TPSA) is 40.5 Å². The number of carbonyl (C=O) groups is 1. The van der Waals surface area contributed by atoms with Gasteiger partial charge in [-0.3, -0.25) is 9.69 Å². The van der Waals surface area contributed by atoms with Crippen LogP contribution in [0.1, 0.15) is 47.0 Å². The largest absolute Gasteiger partial charge is 0.480 e. The summed E-state index contributed by atoms with van der Waals surface area (Å²) in [5.41, 5.74) is -0.0495. The molecule has 0 aromatic carbocycles. The Morgan fingerprint density at radius 2 is 1.86 bits per heavy atom. The van der Waals surface area contributed by atoms with Crippen LogP contribution in [-0.2, 0) is 4.79 Å². The van der Waals surface area contributed by atoms with Crippen LogP contribution < -0.4 is 0 Å². The second-order valence-corrected chi connectivity index (χ2v) is 4.69. The standard InChI is InChI=1S/C11H23NO2/c1-5-6-7-8-12(9-10(13)14)11(2,3)4/h5-9H2,1-4H3,(H,13,14). The van der Waals surface area contributed by atoms with Gasteiger partial charge in [0.15, 0.2) is 0 Å². The summed E-state index contributed by atoms with van der Waals surface area (Å²) in [4.78, 5) is 12.7. The fourth-order valence-electron chi connectivity index (χ4n) is 1.37. The molecule has 0 heterocycles. The van der Waals surface area contributed by atoms with Crippen LogP contribution in [0.3, 0.4) is 0 Å². The summed E-state index contributed by atoms with van der Waals surface area (Å²) >= 11 is 0. The van der Waals surface area contributed by atoms with E-state index in [1.165, 1.54) is 12.8 Å². The highest BCUT2D eigenvalue weighted by Crippen LogP contribution is 2.13. The third-order valence-corrected chi connectivity index (χ3v) is 2.31. The second kappa shape index (κ2) is 6.02. The van der Waals surface area contributed by atoms with Crippen molar-refractivity contribution in [1.29, 1.82) is 0 Å². The van der Waals surface area contributed by atoms with Gasteiger partial charge >= 0.3 is 5.97 Å². The molecule has 0 radical (unpaired) electrons. The number of unbranched alkanes of at least 4 members (excludes halogenated alkanes) is 2. The van der Waals surface area contributed by atoms with E-state index in [2.05, 4.69) is 27.7 Å². The maximum atomic E-state index is 10.6. The van der Waals surface area contributed by atoms with Crippen molar-refractivity contribution in [2.75, 3.05) is 13.1 Å². The van der Waals surface area contributed by atoms with E-state index in [0.717, 1.165) is 13.0 Å². The van der Waals surface area contributed by atoms with Gasteiger partial charge in [-0.1, -0.05) is 19.8 Å². The molecular formula is C11H23NO2. The van der Waals surface area contributed by atoms with Crippen LogP contribution in [0.25, 0.3) is 0 Å². The quantitative estimate of drug-likeness (QED) is 0.671. The zero-order valence-electron chi connectivity index (χ0n) is 9.84. The number of hydrogen-bond donors (Lipinski definition) is 1. The van der Waals surface area contributed by atoms with Gasteiger partial charge in [0.2, 0.25) is 0 Å². The fourth-order valence-corrected chi connectivity index (χ4v) is 1.37. The smallest absolute Gasteiger partial charge is 0.317 e. The van der Waals surface area contributed by atoms with Crippen molar-refractivity contribution in [2.45, 2.75) is 52.5 Å². The molecule has 0 aromatic heterocycles. The van der Waals surface area contributed by atoms with Crippen molar-refractivity contribution >= 4 is 5.97 Å². The molecule has 3 heteroatoms. The molecule has 0 aliphatic heterocycles. The first kappa shape index (κ1) is 13.4. The lowest BCUT2D eigenvalue weighted by molar-refractivity contribution is -0.139. The second-order valence-electron chi connectivity index (χ2n) is 4.69. The lowest BCUT2D eigenvalue weighted by atomic mass is 10.1. The maximum Gasteiger partial charge on any atom is 0.317 e. The van der Waals surface area contributed by atoms with Crippen molar-refractivity contribution in [3.05, 3.63) is 0 Å². The van der Waals surface area contributed by atoms with Crippen molar-refractivity contribution < 1.29 is 9.90 Å². The summed E-state index contributed by atoms with van der Waals surface area (Å²) in [5, 5.41) is 8.76. The molecule has 0 atom stereocenters. The maximum absolute atomic E-state index is 10.6.